The number of benzene rings is 4. The fourth-order valence-corrected chi connectivity index (χ4v) is 8.65. The average molecular weight is 811 g/mol. The van der Waals surface area contributed by atoms with E-state index in [9.17, 15) is 4.79 Å². The molecule has 0 spiro atoms. The van der Waals surface area contributed by atoms with Crippen LogP contribution in [0.5, 0.6) is 23.0 Å². The maximum absolute atomic E-state index is 13.6. The molecule has 0 aliphatic heterocycles. The van der Waals surface area contributed by atoms with Gasteiger partial charge in [0.1, 0.15) is 28.6 Å². The standard InChI is InChI=1S/C51H71O6P/c1-28(2)38-26-32(7)36(11)42(46(38)53-48(52)54-51(19,20)21)43-37(12)33(8)27-39(29(3)4)47(43)57-58(55-44-34(9)22-30(5)24-40(44)49(13,14)15)56-45-35(10)23-31(6)25-41(45)50(16,17)18/h22-29H,1-21H3. The average Bonchev–Trinajstić information content (AvgIpc) is 3.05. The molecule has 0 aliphatic carbocycles. The molecule has 58 heavy (non-hydrogen) atoms. The van der Waals surface area contributed by atoms with Gasteiger partial charge in [0.25, 0.3) is 0 Å². The van der Waals surface area contributed by atoms with Crippen molar-refractivity contribution in [2.75, 3.05) is 0 Å². The number of carbonyl (C=O) groups excluding carboxylic acids is 1. The summed E-state index contributed by atoms with van der Waals surface area (Å²) in [5, 5.41) is 0. The number of ether oxygens (including phenoxy) is 2. The summed E-state index contributed by atoms with van der Waals surface area (Å²) >= 11 is 0. The van der Waals surface area contributed by atoms with Crippen molar-refractivity contribution in [3.63, 3.8) is 0 Å². The molecule has 6 nitrogen and oxygen atoms in total. The van der Waals surface area contributed by atoms with Gasteiger partial charge >= 0.3 is 14.8 Å². The van der Waals surface area contributed by atoms with E-state index in [2.05, 4.69) is 161 Å². The minimum Gasteiger partial charge on any atom is -0.428 e. The van der Waals surface area contributed by atoms with Crippen LogP contribution in [0.2, 0.25) is 0 Å². The second kappa shape index (κ2) is 17.3. The van der Waals surface area contributed by atoms with Gasteiger partial charge in [-0.1, -0.05) is 117 Å². The predicted molar refractivity (Wildman–Crippen MR) is 244 cm³/mol. The number of hydrogen-bond acceptors (Lipinski definition) is 6. The summed E-state index contributed by atoms with van der Waals surface area (Å²) in [7, 11) is -2.15. The van der Waals surface area contributed by atoms with Gasteiger partial charge in [-0.25, -0.2) is 4.79 Å². The Hall–Kier alpha value is -4.02. The fraction of sp³-hybridized carbons (Fsp3) is 0.510. The highest BCUT2D eigenvalue weighted by Gasteiger charge is 2.35. The molecular formula is C51H71O6P. The Kier molecular flexibility index (Phi) is 13.9. The highest BCUT2D eigenvalue weighted by atomic mass is 31.2. The first-order chi connectivity index (χ1) is 26.5. The van der Waals surface area contributed by atoms with Crippen molar-refractivity contribution in [1.29, 1.82) is 0 Å². The van der Waals surface area contributed by atoms with E-state index in [1.54, 1.807) is 0 Å². The van der Waals surface area contributed by atoms with E-state index in [0.29, 0.717) is 11.5 Å². The van der Waals surface area contributed by atoms with E-state index in [0.717, 1.165) is 89.4 Å². The van der Waals surface area contributed by atoms with Crippen LogP contribution in [0.25, 0.3) is 11.1 Å². The Labute approximate surface area is 352 Å². The van der Waals surface area contributed by atoms with Gasteiger partial charge in [-0.3, -0.25) is 0 Å². The molecule has 0 unspecified atom stereocenters. The molecule has 0 radical (unpaired) electrons. The molecule has 0 fully saturated rings. The van der Waals surface area contributed by atoms with E-state index in [1.807, 2.05) is 20.8 Å². The van der Waals surface area contributed by atoms with E-state index in [4.69, 9.17) is 23.0 Å². The van der Waals surface area contributed by atoms with Gasteiger partial charge in [-0.05, 0) is 143 Å². The third kappa shape index (κ3) is 10.6. The SMILES string of the molecule is Cc1cc(C)c(OP(Oc2c(C)cc(C)cc2C(C)(C)C)Oc2c(C(C)C)cc(C)c(C)c2-c2c(C)c(C)cc(C(C)C)c2OC(=O)OC(C)(C)C)c(C(C)(C)C)c1. The zero-order chi connectivity index (χ0) is 44.0. The highest BCUT2D eigenvalue weighted by molar-refractivity contribution is 7.43. The number of carbonyl (C=O) groups is 1. The lowest BCUT2D eigenvalue weighted by Gasteiger charge is -2.31. The van der Waals surface area contributed by atoms with Crippen molar-refractivity contribution in [1.82, 2.24) is 0 Å². The third-order valence-electron chi connectivity index (χ3n) is 10.7. The van der Waals surface area contributed by atoms with E-state index >= 15 is 0 Å². The van der Waals surface area contributed by atoms with Crippen molar-refractivity contribution >= 4 is 14.8 Å². The second-order valence-corrected chi connectivity index (χ2v) is 21.0. The molecule has 4 aromatic carbocycles. The van der Waals surface area contributed by atoms with Crippen LogP contribution in [0.3, 0.4) is 0 Å². The Morgan fingerprint density at radius 3 is 1.22 bits per heavy atom. The monoisotopic (exact) mass is 810 g/mol. The van der Waals surface area contributed by atoms with Crippen molar-refractivity contribution < 1.29 is 27.8 Å². The zero-order valence-electron chi connectivity index (χ0n) is 39.5. The Morgan fingerprint density at radius 1 is 0.500 bits per heavy atom. The van der Waals surface area contributed by atoms with Crippen LogP contribution in [0.4, 0.5) is 4.79 Å². The Balaban J connectivity index is 2.15. The van der Waals surface area contributed by atoms with Crippen LogP contribution in [0, 0.1) is 55.4 Å². The molecule has 7 heteroatoms. The van der Waals surface area contributed by atoms with Gasteiger partial charge in [0.05, 0.1) is 0 Å². The molecule has 316 valence electrons. The number of rotatable bonds is 10. The molecule has 0 saturated heterocycles. The van der Waals surface area contributed by atoms with Crippen LogP contribution in [-0.2, 0) is 15.6 Å². The van der Waals surface area contributed by atoms with Crippen molar-refractivity contribution in [3.8, 4) is 34.1 Å². The molecule has 0 aliphatic rings. The minimum atomic E-state index is -2.15. The number of hydrogen-bond donors (Lipinski definition) is 0. The van der Waals surface area contributed by atoms with E-state index in [-0.39, 0.29) is 22.7 Å². The summed E-state index contributed by atoms with van der Waals surface area (Å²) < 4.78 is 33.9. The normalized spacial score (nSPS) is 12.4. The molecule has 0 saturated carbocycles. The fourth-order valence-electron chi connectivity index (χ4n) is 7.40. The van der Waals surface area contributed by atoms with E-state index < -0.39 is 20.4 Å². The summed E-state index contributed by atoms with van der Waals surface area (Å²) in [4.78, 5) is 13.6. The molecule has 0 amide bonds. The lowest BCUT2D eigenvalue weighted by atomic mass is 9.84. The van der Waals surface area contributed by atoms with Crippen LogP contribution < -0.4 is 18.3 Å². The maximum atomic E-state index is 13.6. The molecule has 0 aromatic heterocycles. The Bertz CT molecular complexity index is 2100. The third-order valence-corrected chi connectivity index (χ3v) is 11.7. The van der Waals surface area contributed by atoms with Gasteiger partial charge in [-0.15, -0.1) is 0 Å². The quantitative estimate of drug-likeness (QED) is 0.0903. The summed E-state index contributed by atoms with van der Waals surface area (Å²) in [5.41, 5.74) is 13.0. The topological polar surface area (TPSA) is 63.2 Å². The largest absolute Gasteiger partial charge is 0.530 e. The van der Waals surface area contributed by atoms with E-state index in [1.165, 1.54) is 0 Å². The second-order valence-electron chi connectivity index (χ2n) is 20.0. The van der Waals surface area contributed by atoms with Gasteiger partial charge in [0.2, 0.25) is 0 Å². The van der Waals surface area contributed by atoms with Crippen molar-refractivity contribution in [2.45, 2.75) is 174 Å². The molecule has 0 atom stereocenters. The molecule has 0 heterocycles. The molecule has 0 bridgehead atoms. The van der Waals surface area contributed by atoms with Gasteiger partial charge in [0.15, 0.2) is 0 Å². The van der Waals surface area contributed by atoms with Crippen LogP contribution in [-0.4, -0.2) is 11.8 Å². The molecule has 4 aromatic rings. The molecular weight excluding hydrogens is 740 g/mol. The molecule has 0 N–H and O–H groups in total. The lowest BCUT2D eigenvalue weighted by molar-refractivity contribution is 0.0205. The van der Waals surface area contributed by atoms with Crippen molar-refractivity contribution in [3.05, 3.63) is 103 Å². The van der Waals surface area contributed by atoms with Crippen molar-refractivity contribution in [2.24, 2.45) is 0 Å². The first-order valence-electron chi connectivity index (χ1n) is 20.8. The van der Waals surface area contributed by atoms with Gasteiger partial charge < -0.3 is 23.0 Å². The number of aryl methyl sites for hydroxylation is 6. The molecule has 4 rings (SSSR count). The van der Waals surface area contributed by atoms with Crippen LogP contribution in [0.1, 0.15) is 169 Å². The minimum absolute atomic E-state index is 0.0407. The maximum Gasteiger partial charge on any atom is 0.530 e. The summed E-state index contributed by atoms with van der Waals surface area (Å²) in [6, 6.07) is 13.1. The van der Waals surface area contributed by atoms with Crippen LogP contribution >= 0.6 is 8.60 Å². The van der Waals surface area contributed by atoms with Crippen LogP contribution in [0.15, 0.2) is 36.4 Å². The smallest absolute Gasteiger partial charge is 0.428 e. The first kappa shape index (κ1) is 46.7. The summed E-state index contributed by atoms with van der Waals surface area (Å²) in [6.45, 7) is 44.2. The summed E-state index contributed by atoms with van der Waals surface area (Å²) in [5.74, 6) is 2.73. The lowest BCUT2D eigenvalue weighted by Crippen LogP contribution is -2.26. The van der Waals surface area contributed by atoms with Gasteiger partial charge in [0, 0.05) is 22.3 Å². The zero-order valence-corrected chi connectivity index (χ0v) is 40.4. The summed E-state index contributed by atoms with van der Waals surface area (Å²) in [6.07, 6.45) is -0.751. The Morgan fingerprint density at radius 2 is 0.862 bits per heavy atom. The van der Waals surface area contributed by atoms with Gasteiger partial charge in [-0.2, -0.15) is 0 Å². The predicted octanol–water partition coefficient (Wildman–Crippen LogP) is 15.7. The first-order valence-corrected chi connectivity index (χ1v) is 21.9. The highest BCUT2D eigenvalue weighted by Crippen LogP contribution is 2.55.